The van der Waals surface area contributed by atoms with Gasteiger partial charge in [-0.25, -0.2) is 9.59 Å². The summed E-state index contributed by atoms with van der Waals surface area (Å²) in [7, 11) is 2.93. The summed E-state index contributed by atoms with van der Waals surface area (Å²) < 4.78 is 4.71. The van der Waals surface area contributed by atoms with E-state index < -0.39 is 5.54 Å². The molecule has 2 saturated heterocycles. The number of methoxy groups -OCH3 is 1. The van der Waals surface area contributed by atoms with Crippen LogP contribution >= 0.6 is 0 Å². The first-order chi connectivity index (χ1) is 12.4. The number of imide groups is 1. The predicted octanol–water partition coefficient (Wildman–Crippen LogP) is 1.72. The van der Waals surface area contributed by atoms with Gasteiger partial charge in [-0.2, -0.15) is 0 Å². The van der Waals surface area contributed by atoms with Crippen LogP contribution in [0, 0.1) is 0 Å². The van der Waals surface area contributed by atoms with E-state index in [0.29, 0.717) is 24.9 Å². The Labute approximate surface area is 153 Å². The lowest BCUT2D eigenvalue weighted by Gasteiger charge is -2.41. The predicted molar refractivity (Wildman–Crippen MR) is 95.6 cm³/mol. The third kappa shape index (κ3) is 2.96. The normalized spacial score (nSPS) is 20.1. The molecule has 3 amide bonds. The molecule has 0 N–H and O–H groups in total. The average Bonchev–Trinajstić information content (AvgIpc) is 2.84. The zero-order chi connectivity index (χ0) is 18.9. The molecule has 0 bridgehead atoms. The Morgan fingerprint density at radius 2 is 1.77 bits per heavy atom. The fourth-order valence-corrected chi connectivity index (χ4v) is 4.00. The van der Waals surface area contributed by atoms with Crippen molar-refractivity contribution in [2.24, 2.45) is 0 Å². The van der Waals surface area contributed by atoms with E-state index in [1.54, 1.807) is 24.1 Å². The molecule has 140 valence electrons. The minimum absolute atomic E-state index is 0.0774. The van der Waals surface area contributed by atoms with Gasteiger partial charge in [0.15, 0.2) is 0 Å². The maximum absolute atomic E-state index is 12.7. The second-order valence-electron chi connectivity index (χ2n) is 6.89. The third-order valence-electron chi connectivity index (χ3n) is 5.52. The molecule has 26 heavy (non-hydrogen) atoms. The van der Waals surface area contributed by atoms with Crippen molar-refractivity contribution >= 4 is 17.9 Å². The van der Waals surface area contributed by atoms with E-state index in [1.165, 1.54) is 12.0 Å². The summed E-state index contributed by atoms with van der Waals surface area (Å²) >= 11 is 0. The summed E-state index contributed by atoms with van der Waals surface area (Å²) in [6.45, 7) is 4.72. The number of rotatable bonds is 4. The van der Waals surface area contributed by atoms with E-state index in [2.05, 4.69) is 4.90 Å². The second kappa shape index (κ2) is 7.07. The van der Waals surface area contributed by atoms with Crippen LogP contribution in [-0.2, 0) is 16.1 Å². The van der Waals surface area contributed by atoms with E-state index in [-0.39, 0.29) is 17.9 Å². The highest BCUT2D eigenvalue weighted by molar-refractivity contribution is 6.06. The number of carbonyl (C=O) groups is 3. The Bertz CT molecular complexity index is 708. The van der Waals surface area contributed by atoms with Crippen molar-refractivity contribution in [3.05, 3.63) is 35.4 Å². The molecule has 0 unspecified atom stereocenters. The Balaban J connectivity index is 1.64. The van der Waals surface area contributed by atoms with Crippen LogP contribution in [0.5, 0.6) is 0 Å². The highest BCUT2D eigenvalue weighted by atomic mass is 16.5. The summed E-state index contributed by atoms with van der Waals surface area (Å²) in [6, 6.07) is 7.18. The van der Waals surface area contributed by atoms with Gasteiger partial charge >= 0.3 is 12.0 Å². The van der Waals surface area contributed by atoms with Gasteiger partial charge in [0, 0.05) is 33.2 Å². The summed E-state index contributed by atoms with van der Waals surface area (Å²) in [4.78, 5) is 41.7. The number of urea groups is 1. The summed E-state index contributed by atoms with van der Waals surface area (Å²) in [5.41, 5.74) is 0.962. The molecule has 0 atom stereocenters. The third-order valence-corrected chi connectivity index (χ3v) is 5.52. The van der Waals surface area contributed by atoms with Crippen molar-refractivity contribution in [1.82, 2.24) is 14.7 Å². The van der Waals surface area contributed by atoms with E-state index in [0.717, 1.165) is 25.2 Å². The Hall–Kier alpha value is -2.41. The van der Waals surface area contributed by atoms with Crippen molar-refractivity contribution < 1.29 is 19.1 Å². The lowest BCUT2D eigenvalue weighted by atomic mass is 9.85. The molecule has 0 aliphatic carbocycles. The Kier molecular flexibility index (Phi) is 5.00. The van der Waals surface area contributed by atoms with Gasteiger partial charge in [-0.15, -0.1) is 0 Å². The molecule has 2 fully saturated rings. The summed E-state index contributed by atoms with van der Waals surface area (Å²) in [5, 5.41) is 0. The second-order valence-corrected chi connectivity index (χ2v) is 6.89. The van der Waals surface area contributed by atoms with Crippen LogP contribution in [0.1, 0.15) is 35.7 Å². The van der Waals surface area contributed by atoms with Crippen LogP contribution < -0.4 is 0 Å². The number of amides is 3. The molecule has 0 radical (unpaired) electrons. The van der Waals surface area contributed by atoms with Gasteiger partial charge in [-0.1, -0.05) is 12.1 Å². The minimum atomic E-state index is -0.675. The average molecular weight is 359 g/mol. The van der Waals surface area contributed by atoms with Crippen molar-refractivity contribution in [2.45, 2.75) is 31.8 Å². The topological polar surface area (TPSA) is 70.2 Å². The van der Waals surface area contributed by atoms with Gasteiger partial charge in [0.05, 0.1) is 12.7 Å². The standard InChI is InChI=1S/C19H25N3O4/c1-4-22-18(25)20(2)17(24)19(22)9-11-21(12-10-19)13-14-5-7-15(8-6-14)16(23)26-3/h5-8H,4,9-13H2,1-3H3. The van der Waals surface area contributed by atoms with Crippen molar-refractivity contribution in [3.63, 3.8) is 0 Å². The number of ether oxygens (including phenoxy) is 1. The number of nitrogens with zero attached hydrogens (tertiary/aromatic N) is 3. The lowest BCUT2D eigenvalue weighted by Crippen LogP contribution is -2.56. The van der Waals surface area contributed by atoms with Crippen LogP contribution in [0.15, 0.2) is 24.3 Å². The molecule has 7 heteroatoms. The van der Waals surface area contributed by atoms with Gasteiger partial charge in [-0.3, -0.25) is 14.6 Å². The largest absolute Gasteiger partial charge is 0.465 e. The summed E-state index contributed by atoms with van der Waals surface area (Å²) in [6.07, 6.45) is 1.30. The van der Waals surface area contributed by atoms with E-state index in [1.807, 2.05) is 19.1 Å². The van der Waals surface area contributed by atoms with Gasteiger partial charge in [0.2, 0.25) is 0 Å². The quantitative estimate of drug-likeness (QED) is 0.605. The summed E-state index contributed by atoms with van der Waals surface area (Å²) in [5.74, 6) is -0.420. The molecule has 3 rings (SSSR count). The first kappa shape index (κ1) is 18.4. The van der Waals surface area contributed by atoms with Gasteiger partial charge in [-0.05, 0) is 37.5 Å². The molecular weight excluding hydrogens is 334 g/mol. The maximum Gasteiger partial charge on any atom is 0.337 e. The Morgan fingerprint density at radius 3 is 2.31 bits per heavy atom. The molecule has 2 aliphatic rings. The lowest BCUT2D eigenvalue weighted by molar-refractivity contribution is -0.134. The highest BCUT2D eigenvalue weighted by Crippen LogP contribution is 2.36. The molecule has 7 nitrogen and oxygen atoms in total. The van der Waals surface area contributed by atoms with Gasteiger partial charge < -0.3 is 9.64 Å². The van der Waals surface area contributed by atoms with E-state index in [4.69, 9.17) is 4.74 Å². The number of piperidine rings is 1. The maximum atomic E-state index is 12.7. The Morgan fingerprint density at radius 1 is 1.15 bits per heavy atom. The molecule has 1 spiro atoms. The van der Waals surface area contributed by atoms with Crippen LogP contribution in [0.2, 0.25) is 0 Å². The molecule has 1 aromatic rings. The number of esters is 1. The first-order valence-electron chi connectivity index (χ1n) is 8.92. The zero-order valence-corrected chi connectivity index (χ0v) is 15.5. The van der Waals surface area contributed by atoms with Crippen LogP contribution in [0.25, 0.3) is 0 Å². The molecule has 2 heterocycles. The van der Waals surface area contributed by atoms with Crippen LogP contribution in [-0.4, -0.2) is 71.9 Å². The molecule has 1 aromatic carbocycles. The van der Waals surface area contributed by atoms with E-state index >= 15 is 0 Å². The number of hydrogen-bond acceptors (Lipinski definition) is 5. The van der Waals surface area contributed by atoms with Crippen LogP contribution in [0.4, 0.5) is 4.79 Å². The zero-order valence-electron chi connectivity index (χ0n) is 15.5. The van der Waals surface area contributed by atoms with Crippen molar-refractivity contribution in [1.29, 1.82) is 0 Å². The number of hydrogen-bond donors (Lipinski definition) is 0. The van der Waals surface area contributed by atoms with Crippen molar-refractivity contribution in [2.75, 3.05) is 33.8 Å². The van der Waals surface area contributed by atoms with E-state index in [9.17, 15) is 14.4 Å². The number of carbonyl (C=O) groups excluding carboxylic acids is 3. The first-order valence-corrected chi connectivity index (χ1v) is 8.92. The fourth-order valence-electron chi connectivity index (χ4n) is 4.00. The smallest absolute Gasteiger partial charge is 0.337 e. The number of likely N-dealkylation sites (N-methyl/N-ethyl adjacent to an activating group) is 2. The van der Waals surface area contributed by atoms with Gasteiger partial charge in [0.25, 0.3) is 5.91 Å². The van der Waals surface area contributed by atoms with Crippen molar-refractivity contribution in [3.8, 4) is 0 Å². The fraction of sp³-hybridized carbons (Fsp3) is 0.526. The number of likely N-dealkylation sites (tertiary alicyclic amines) is 1. The van der Waals surface area contributed by atoms with Crippen LogP contribution in [0.3, 0.4) is 0 Å². The monoisotopic (exact) mass is 359 g/mol. The highest BCUT2D eigenvalue weighted by Gasteiger charge is 2.56. The van der Waals surface area contributed by atoms with Gasteiger partial charge in [0.1, 0.15) is 5.54 Å². The minimum Gasteiger partial charge on any atom is -0.465 e. The molecule has 2 aliphatic heterocycles. The number of benzene rings is 1. The SMILES string of the molecule is CCN1C(=O)N(C)C(=O)C12CCN(Cc1ccc(C(=O)OC)cc1)CC2. The molecule has 0 aromatic heterocycles. The molecule has 0 saturated carbocycles. The molecular formula is C19H25N3O4.